The maximum absolute atomic E-state index is 12.6. The molecule has 0 radical (unpaired) electrons. The normalized spacial score (nSPS) is 14.0. The predicted molar refractivity (Wildman–Crippen MR) is 83.3 cm³/mol. The maximum Gasteiger partial charge on any atom is 0.272 e. The maximum atomic E-state index is 12.6. The van der Waals surface area contributed by atoms with Crippen LogP contribution in [0.25, 0.3) is 16.8 Å². The first-order valence-corrected chi connectivity index (χ1v) is 7.41. The number of carbonyl (C=O) groups excluding carboxylic acids is 1. The lowest BCUT2D eigenvalue weighted by Crippen LogP contribution is -2.26. The van der Waals surface area contributed by atoms with E-state index in [0.29, 0.717) is 22.8 Å². The standard InChI is InChI=1S/C16H15N5O2/c1-23-12-9-10(5-7-17-12)13-14(16(22)19-11-3-4-11)20-21-8-2-6-18-15(13)21/h2,5-9,11H,3-4H2,1H3,(H,19,22). The molecule has 0 aliphatic heterocycles. The molecule has 23 heavy (non-hydrogen) atoms. The molecule has 1 saturated carbocycles. The summed E-state index contributed by atoms with van der Waals surface area (Å²) in [6.07, 6.45) is 7.15. The van der Waals surface area contributed by atoms with Crippen molar-refractivity contribution in [3.05, 3.63) is 42.5 Å². The molecule has 0 unspecified atom stereocenters. The monoisotopic (exact) mass is 309 g/mol. The molecule has 1 fully saturated rings. The fraction of sp³-hybridized carbons (Fsp3) is 0.250. The van der Waals surface area contributed by atoms with E-state index in [9.17, 15) is 4.79 Å². The molecule has 3 aromatic heterocycles. The third-order valence-electron chi connectivity index (χ3n) is 3.76. The van der Waals surface area contributed by atoms with Gasteiger partial charge in [0.25, 0.3) is 5.91 Å². The second kappa shape index (κ2) is 5.35. The van der Waals surface area contributed by atoms with Crippen LogP contribution >= 0.6 is 0 Å². The van der Waals surface area contributed by atoms with Crippen LogP contribution in [0.3, 0.4) is 0 Å². The van der Waals surface area contributed by atoms with Gasteiger partial charge in [-0.15, -0.1) is 0 Å². The third kappa shape index (κ3) is 2.50. The summed E-state index contributed by atoms with van der Waals surface area (Å²) in [7, 11) is 1.56. The van der Waals surface area contributed by atoms with E-state index in [1.54, 1.807) is 42.3 Å². The number of aromatic nitrogens is 4. The first-order valence-electron chi connectivity index (χ1n) is 7.41. The average Bonchev–Trinajstić information content (AvgIpc) is 3.31. The van der Waals surface area contributed by atoms with Crippen LogP contribution < -0.4 is 10.1 Å². The Morgan fingerprint density at radius 3 is 3.00 bits per heavy atom. The Bertz CT molecular complexity index is 885. The molecule has 7 heteroatoms. The van der Waals surface area contributed by atoms with Gasteiger partial charge in [-0.25, -0.2) is 14.5 Å². The number of methoxy groups -OCH3 is 1. The number of hydrogen-bond acceptors (Lipinski definition) is 5. The van der Waals surface area contributed by atoms with Crippen molar-refractivity contribution in [2.45, 2.75) is 18.9 Å². The van der Waals surface area contributed by atoms with E-state index in [4.69, 9.17) is 4.74 Å². The number of ether oxygens (including phenoxy) is 1. The summed E-state index contributed by atoms with van der Waals surface area (Å²) in [6.45, 7) is 0. The Labute approximate surface area is 132 Å². The molecule has 1 amide bonds. The zero-order valence-electron chi connectivity index (χ0n) is 12.6. The van der Waals surface area contributed by atoms with E-state index >= 15 is 0 Å². The van der Waals surface area contributed by atoms with Gasteiger partial charge in [0, 0.05) is 30.7 Å². The van der Waals surface area contributed by atoms with Gasteiger partial charge in [0.15, 0.2) is 11.3 Å². The van der Waals surface area contributed by atoms with Crippen LogP contribution in [-0.4, -0.2) is 38.6 Å². The molecule has 0 aromatic carbocycles. The first-order chi connectivity index (χ1) is 11.3. The molecule has 4 rings (SSSR count). The lowest BCUT2D eigenvalue weighted by Gasteiger charge is -2.05. The van der Waals surface area contributed by atoms with E-state index in [1.165, 1.54) is 0 Å². The molecule has 0 saturated heterocycles. The molecule has 0 spiro atoms. The summed E-state index contributed by atoms with van der Waals surface area (Å²) in [6, 6.07) is 5.64. The summed E-state index contributed by atoms with van der Waals surface area (Å²) in [5, 5.41) is 7.39. The minimum Gasteiger partial charge on any atom is -0.481 e. The highest BCUT2D eigenvalue weighted by atomic mass is 16.5. The summed E-state index contributed by atoms with van der Waals surface area (Å²) < 4.78 is 6.80. The van der Waals surface area contributed by atoms with E-state index in [2.05, 4.69) is 20.4 Å². The van der Waals surface area contributed by atoms with E-state index in [-0.39, 0.29) is 11.9 Å². The van der Waals surface area contributed by atoms with Crippen molar-refractivity contribution in [3.8, 4) is 17.0 Å². The second-order valence-corrected chi connectivity index (χ2v) is 5.45. The van der Waals surface area contributed by atoms with Gasteiger partial charge in [-0.2, -0.15) is 5.10 Å². The lowest BCUT2D eigenvalue weighted by molar-refractivity contribution is 0.0946. The van der Waals surface area contributed by atoms with Gasteiger partial charge in [0.2, 0.25) is 5.88 Å². The molecule has 1 aliphatic carbocycles. The summed E-state index contributed by atoms with van der Waals surface area (Å²) in [4.78, 5) is 21.0. The predicted octanol–water partition coefficient (Wildman–Crippen LogP) is 1.69. The van der Waals surface area contributed by atoms with Gasteiger partial charge in [0.05, 0.1) is 12.7 Å². The number of hydrogen-bond donors (Lipinski definition) is 1. The van der Waals surface area contributed by atoms with Crippen LogP contribution in [0.1, 0.15) is 23.3 Å². The van der Waals surface area contributed by atoms with Crippen LogP contribution in [0.4, 0.5) is 0 Å². The van der Waals surface area contributed by atoms with Gasteiger partial charge < -0.3 is 10.1 Å². The molecular weight excluding hydrogens is 294 g/mol. The largest absolute Gasteiger partial charge is 0.481 e. The number of amides is 1. The number of fused-ring (bicyclic) bond motifs is 1. The Kier molecular flexibility index (Phi) is 3.18. The molecule has 3 aromatic rings. The molecule has 0 bridgehead atoms. The number of rotatable bonds is 4. The Morgan fingerprint density at radius 1 is 1.35 bits per heavy atom. The van der Waals surface area contributed by atoms with E-state index < -0.39 is 0 Å². The minimum atomic E-state index is -0.177. The zero-order chi connectivity index (χ0) is 15.8. The van der Waals surface area contributed by atoms with Crippen molar-refractivity contribution in [3.63, 3.8) is 0 Å². The highest BCUT2D eigenvalue weighted by Crippen LogP contribution is 2.29. The van der Waals surface area contributed by atoms with Crippen molar-refractivity contribution >= 4 is 11.6 Å². The third-order valence-corrected chi connectivity index (χ3v) is 3.76. The van der Waals surface area contributed by atoms with Gasteiger partial charge in [0.1, 0.15) is 0 Å². The fourth-order valence-corrected chi connectivity index (χ4v) is 2.47. The topological polar surface area (TPSA) is 81.4 Å². The van der Waals surface area contributed by atoms with E-state index in [0.717, 1.165) is 18.4 Å². The Balaban J connectivity index is 1.89. The van der Waals surface area contributed by atoms with Gasteiger partial charge in [-0.05, 0) is 30.5 Å². The number of nitrogens with one attached hydrogen (secondary N) is 1. The molecule has 0 atom stereocenters. The minimum absolute atomic E-state index is 0.177. The van der Waals surface area contributed by atoms with E-state index in [1.807, 2.05) is 6.07 Å². The highest BCUT2D eigenvalue weighted by molar-refractivity contribution is 6.03. The molecule has 1 aliphatic rings. The van der Waals surface area contributed by atoms with Gasteiger partial charge >= 0.3 is 0 Å². The Morgan fingerprint density at radius 2 is 2.22 bits per heavy atom. The van der Waals surface area contributed by atoms with Crippen LogP contribution in [0, 0.1) is 0 Å². The fourth-order valence-electron chi connectivity index (χ4n) is 2.47. The van der Waals surface area contributed by atoms with Crippen molar-refractivity contribution in [2.75, 3.05) is 7.11 Å². The molecular formula is C16H15N5O2. The van der Waals surface area contributed by atoms with Crippen molar-refractivity contribution < 1.29 is 9.53 Å². The summed E-state index contributed by atoms with van der Waals surface area (Å²) in [5.74, 6) is 0.301. The van der Waals surface area contributed by atoms with Gasteiger partial charge in [-0.1, -0.05) is 0 Å². The van der Waals surface area contributed by atoms with Crippen molar-refractivity contribution in [2.24, 2.45) is 0 Å². The van der Waals surface area contributed by atoms with Crippen LogP contribution in [-0.2, 0) is 0 Å². The average molecular weight is 309 g/mol. The van der Waals surface area contributed by atoms with Crippen molar-refractivity contribution in [1.82, 2.24) is 24.9 Å². The first kappa shape index (κ1) is 13.7. The van der Waals surface area contributed by atoms with Crippen LogP contribution in [0.2, 0.25) is 0 Å². The molecule has 3 heterocycles. The van der Waals surface area contributed by atoms with Crippen LogP contribution in [0.5, 0.6) is 5.88 Å². The summed E-state index contributed by atoms with van der Waals surface area (Å²) in [5.41, 5.74) is 2.47. The lowest BCUT2D eigenvalue weighted by atomic mass is 10.1. The number of nitrogens with zero attached hydrogens (tertiary/aromatic N) is 4. The van der Waals surface area contributed by atoms with Crippen LogP contribution in [0.15, 0.2) is 36.8 Å². The number of carbonyl (C=O) groups is 1. The van der Waals surface area contributed by atoms with Gasteiger partial charge in [-0.3, -0.25) is 4.79 Å². The zero-order valence-corrected chi connectivity index (χ0v) is 12.6. The molecule has 116 valence electrons. The molecule has 1 N–H and O–H groups in total. The second-order valence-electron chi connectivity index (χ2n) is 5.45. The Hall–Kier alpha value is -2.96. The quantitative estimate of drug-likeness (QED) is 0.793. The van der Waals surface area contributed by atoms with Crippen molar-refractivity contribution in [1.29, 1.82) is 0 Å². The highest BCUT2D eigenvalue weighted by Gasteiger charge is 2.28. The SMILES string of the molecule is COc1cc(-c2c(C(=O)NC3CC3)nn3cccnc23)ccn1. The number of pyridine rings is 1. The summed E-state index contributed by atoms with van der Waals surface area (Å²) >= 11 is 0. The smallest absolute Gasteiger partial charge is 0.272 e. The molecule has 7 nitrogen and oxygen atoms in total.